The van der Waals surface area contributed by atoms with Crippen molar-refractivity contribution in [1.29, 1.82) is 0 Å². The quantitative estimate of drug-likeness (QED) is 0.819. The average molecular weight is 399 g/mol. The van der Waals surface area contributed by atoms with Crippen molar-refractivity contribution < 1.29 is 14.3 Å². The fourth-order valence-corrected chi connectivity index (χ4v) is 5.33. The summed E-state index contributed by atoms with van der Waals surface area (Å²) in [5.74, 6) is 1.35. The Labute approximate surface area is 174 Å². The Kier molecular flexibility index (Phi) is 5.84. The van der Waals surface area contributed by atoms with Crippen molar-refractivity contribution in [1.82, 2.24) is 10.2 Å². The molecule has 1 N–H and O–H groups in total. The first-order valence-electron chi connectivity index (χ1n) is 11.2. The van der Waals surface area contributed by atoms with Gasteiger partial charge in [0.2, 0.25) is 5.91 Å². The molecule has 1 spiro atoms. The number of rotatable bonds is 3. The molecule has 1 atom stereocenters. The van der Waals surface area contributed by atoms with Crippen LogP contribution >= 0.6 is 0 Å². The van der Waals surface area contributed by atoms with Crippen LogP contribution in [0.15, 0.2) is 24.3 Å². The molecule has 1 aromatic carbocycles. The van der Waals surface area contributed by atoms with Crippen LogP contribution in [0.4, 0.5) is 4.79 Å². The Balaban J connectivity index is 1.29. The zero-order valence-electron chi connectivity index (χ0n) is 17.8. The number of likely N-dealkylation sites (tertiary alicyclic amines) is 1. The van der Waals surface area contributed by atoms with Crippen LogP contribution in [-0.4, -0.2) is 43.1 Å². The van der Waals surface area contributed by atoms with E-state index in [9.17, 15) is 9.59 Å². The van der Waals surface area contributed by atoms with Crippen molar-refractivity contribution in [3.05, 3.63) is 35.4 Å². The molecule has 1 saturated carbocycles. The van der Waals surface area contributed by atoms with Gasteiger partial charge in [-0.1, -0.05) is 38.1 Å². The van der Waals surface area contributed by atoms with Gasteiger partial charge < -0.3 is 15.0 Å². The van der Waals surface area contributed by atoms with E-state index < -0.39 is 6.09 Å². The maximum absolute atomic E-state index is 13.0. The van der Waals surface area contributed by atoms with Crippen LogP contribution in [0.2, 0.25) is 0 Å². The van der Waals surface area contributed by atoms with Gasteiger partial charge in [0.05, 0.1) is 12.5 Å². The third kappa shape index (κ3) is 4.44. The van der Waals surface area contributed by atoms with Gasteiger partial charge in [0, 0.05) is 19.6 Å². The smallest absolute Gasteiger partial charge is 0.407 e. The van der Waals surface area contributed by atoms with Gasteiger partial charge >= 0.3 is 6.09 Å². The van der Waals surface area contributed by atoms with Crippen molar-refractivity contribution in [2.45, 2.75) is 64.2 Å². The monoisotopic (exact) mass is 398 g/mol. The second-order valence-electron chi connectivity index (χ2n) is 9.61. The minimum Gasteiger partial charge on any atom is -0.450 e. The molecule has 0 bridgehead atoms. The molecule has 1 aliphatic carbocycles. The number of hydrogen-bond acceptors (Lipinski definition) is 3. The summed E-state index contributed by atoms with van der Waals surface area (Å²) in [6.45, 7) is 7.02. The number of alkyl carbamates (subject to hydrolysis) is 1. The van der Waals surface area contributed by atoms with Crippen LogP contribution in [0, 0.1) is 11.3 Å². The largest absolute Gasteiger partial charge is 0.450 e. The molecule has 2 heterocycles. The molecule has 1 aromatic rings. The van der Waals surface area contributed by atoms with E-state index in [0.29, 0.717) is 30.4 Å². The maximum atomic E-state index is 13.0. The standard InChI is InChI=1S/C24H34N2O3/c1-17(2)18-5-3-6-19(13-18)21-14-24(15-21)8-10-26(11-9-24)22(27)20-7-4-12-29-23(28)25-16-20/h3,5-6,13,17,20-21H,4,7-12,14-16H2,1-2H3,(H,25,28)/t20-/m1/s1. The first-order valence-corrected chi connectivity index (χ1v) is 11.2. The first kappa shape index (κ1) is 20.2. The topological polar surface area (TPSA) is 58.6 Å². The lowest BCUT2D eigenvalue weighted by molar-refractivity contribution is -0.139. The van der Waals surface area contributed by atoms with E-state index in [1.165, 1.54) is 24.0 Å². The number of carbonyl (C=O) groups is 2. The highest BCUT2D eigenvalue weighted by Crippen LogP contribution is 2.56. The van der Waals surface area contributed by atoms with Crippen LogP contribution in [0.1, 0.15) is 75.3 Å². The second-order valence-corrected chi connectivity index (χ2v) is 9.61. The Morgan fingerprint density at radius 1 is 1.24 bits per heavy atom. The number of amides is 2. The molecule has 5 nitrogen and oxygen atoms in total. The van der Waals surface area contributed by atoms with Crippen LogP contribution in [0.25, 0.3) is 0 Å². The minimum absolute atomic E-state index is 0.107. The van der Waals surface area contributed by atoms with Gasteiger partial charge in [-0.25, -0.2) is 4.79 Å². The highest BCUT2D eigenvalue weighted by Gasteiger charge is 2.47. The second kappa shape index (κ2) is 8.37. The lowest BCUT2D eigenvalue weighted by atomic mass is 9.56. The summed E-state index contributed by atoms with van der Waals surface area (Å²) in [6.07, 6.45) is 5.89. The maximum Gasteiger partial charge on any atom is 0.407 e. The zero-order chi connectivity index (χ0) is 20.4. The van der Waals surface area contributed by atoms with Crippen molar-refractivity contribution in [2.24, 2.45) is 11.3 Å². The zero-order valence-corrected chi connectivity index (χ0v) is 17.8. The Bertz CT molecular complexity index is 744. The SMILES string of the molecule is CC(C)c1cccc(C2CC3(CCN(C(=O)[C@@H]4CCCOC(=O)NC4)CC3)C2)c1. The van der Waals surface area contributed by atoms with Gasteiger partial charge in [0.1, 0.15) is 0 Å². The van der Waals surface area contributed by atoms with E-state index in [2.05, 4.69) is 43.4 Å². The Morgan fingerprint density at radius 3 is 2.72 bits per heavy atom. The molecular weight excluding hydrogens is 364 g/mol. The average Bonchev–Trinajstić information content (AvgIpc) is 2.69. The summed E-state index contributed by atoms with van der Waals surface area (Å²) in [5, 5.41) is 2.72. The molecule has 2 saturated heterocycles. The molecule has 3 aliphatic rings. The fourth-order valence-electron chi connectivity index (χ4n) is 5.33. The minimum atomic E-state index is -0.401. The van der Waals surface area contributed by atoms with Crippen LogP contribution in [-0.2, 0) is 9.53 Å². The Hall–Kier alpha value is -2.04. The summed E-state index contributed by atoms with van der Waals surface area (Å²) in [7, 11) is 0. The van der Waals surface area contributed by atoms with Gasteiger partial charge in [-0.15, -0.1) is 0 Å². The molecule has 2 amide bonds. The molecular formula is C24H34N2O3. The van der Waals surface area contributed by atoms with E-state index in [0.717, 1.165) is 38.8 Å². The highest BCUT2D eigenvalue weighted by atomic mass is 16.5. The summed E-state index contributed by atoms with van der Waals surface area (Å²) in [5.41, 5.74) is 3.35. The van der Waals surface area contributed by atoms with E-state index in [1.807, 2.05) is 4.90 Å². The fraction of sp³-hybridized carbons (Fsp3) is 0.667. The van der Waals surface area contributed by atoms with Crippen LogP contribution in [0.3, 0.4) is 0 Å². The van der Waals surface area contributed by atoms with Crippen molar-refractivity contribution in [3.63, 3.8) is 0 Å². The third-order valence-corrected chi connectivity index (χ3v) is 7.32. The number of benzene rings is 1. The van der Waals surface area contributed by atoms with E-state index in [1.54, 1.807) is 0 Å². The summed E-state index contributed by atoms with van der Waals surface area (Å²) in [4.78, 5) is 26.5. The van der Waals surface area contributed by atoms with Gasteiger partial charge in [-0.05, 0) is 66.9 Å². The number of nitrogens with one attached hydrogen (secondary N) is 1. The van der Waals surface area contributed by atoms with Crippen molar-refractivity contribution >= 4 is 12.0 Å². The Morgan fingerprint density at radius 2 is 2.00 bits per heavy atom. The molecule has 3 fully saturated rings. The highest BCUT2D eigenvalue weighted by molar-refractivity contribution is 5.80. The number of ether oxygens (including phenoxy) is 1. The lowest BCUT2D eigenvalue weighted by Gasteiger charge is -2.53. The molecule has 4 rings (SSSR count). The predicted octanol–water partition coefficient (Wildman–Crippen LogP) is 4.43. The number of carbonyl (C=O) groups excluding carboxylic acids is 2. The number of cyclic esters (lactones) is 1. The van der Waals surface area contributed by atoms with E-state index in [4.69, 9.17) is 4.74 Å². The molecule has 0 radical (unpaired) electrons. The van der Waals surface area contributed by atoms with Gasteiger partial charge in [-0.3, -0.25) is 4.79 Å². The predicted molar refractivity (Wildman–Crippen MR) is 113 cm³/mol. The molecule has 2 aliphatic heterocycles. The molecule has 158 valence electrons. The van der Waals surface area contributed by atoms with Gasteiger partial charge in [-0.2, -0.15) is 0 Å². The third-order valence-electron chi connectivity index (χ3n) is 7.32. The van der Waals surface area contributed by atoms with Gasteiger partial charge in [0.15, 0.2) is 0 Å². The van der Waals surface area contributed by atoms with E-state index >= 15 is 0 Å². The molecule has 5 heteroatoms. The lowest BCUT2D eigenvalue weighted by Crippen LogP contribution is -2.50. The summed E-state index contributed by atoms with van der Waals surface area (Å²) in [6, 6.07) is 9.12. The number of nitrogens with zero attached hydrogens (tertiary/aromatic N) is 1. The summed E-state index contributed by atoms with van der Waals surface area (Å²) >= 11 is 0. The normalized spacial score (nSPS) is 25.0. The van der Waals surface area contributed by atoms with E-state index in [-0.39, 0.29) is 11.8 Å². The summed E-state index contributed by atoms with van der Waals surface area (Å²) < 4.78 is 5.00. The molecule has 0 unspecified atom stereocenters. The van der Waals surface area contributed by atoms with Crippen LogP contribution < -0.4 is 5.32 Å². The van der Waals surface area contributed by atoms with Gasteiger partial charge in [0.25, 0.3) is 0 Å². The molecule has 29 heavy (non-hydrogen) atoms. The van der Waals surface area contributed by atoms with Crippen molar-refractivity contribution in [2.75, 3.05) is 26.2 Å². The van der Waals surface area contributed by atoms with Crippen molar-refractivity contribution in [3.8, 4) is 0 Å². The number of piperidine rings is 1. The molecule has 0 aromatic heterocycles. The first-order chi connectivity index (χ1) is 14.0. The number of hydrogen-bond donors (Lipinski definition) is 1. The van der Waals surface area contributed by atoms with Crippen LogP contribution in [0.5, 0.6) is 0 Å².